The van der Waals surface area contributed by atoms with Gasteiger partial charge in [-0.05, 0) is 63.3 Å². The number of ether oxygens (including phenoxy) is 1. The summed E-state index contributed by atoms with van der Waals surface area (Å²) in [5, 5.41) is 2.99. The van der Waals surface area contributed by atoms with Gasteiger partial charge in [-0.15, -0.1) is 0 Å². The maximum Gasteiger partial charge on any atom is 0.243 e. The van der Waals surface area contributed by atoms with Crippen LogP contribution in [0.4, 0.5) is 0 Å². The van der Waals surface area contributed by atoms with Gasteiger partial charge in [0, 0.05) is 25.0 Å². The molecular formula is C19H30N2O4S. The first-order valence-corrected chi connectivity index (χ1v) is 10.6. The minimum absolute atomic E-state index is 0.0351. The number of carbonyl (C=O) groups excluding carboxylic acids is 1. The number of nitrogens with zero attached hydrogens (tertiary/aromatic N) is 1. The van der Waals surface area contributed by atoms with E-state index in [0.717, 1.165) is 12.0 Å². The summed E-state index contributed by atoms with van der Waals surface area (Å²) < 4.78 is 32.9. The summed E-state index contributed by atoms with van der Waals surface area (Å²) in [6.45, 7) is 8.35. The molecule has 6 nitrogen and oxygen atoms in total. The molecule has 1 amide bonds. The zero-order valence-corrected chi connectivity index (χ0v) is 17.1. The largest absolute Gasteiger partial charge is 0.496 e. The molecule has 1 N–H and O–H groups in total. The van der Waals surface area contributed by atoms with Gasteiger partial charge in [0.05, 0.1) is 12.0 Å². The van der Waals surface area contributed by atoms with Crippen LogP contribution in [0.1, 0.15) is 44.2 Å². The molecule has 0 aliphatic carbocycles. The predicted octanol–water partition coefficient (Wildman–Crippen LogP) is 2.63. The van der Waals surface area contributed by atoms with Crippen LogP contribution in [0.3, 0.4) is 0 Å². The Balaban J connectivity index is 2.11. The van der Waals surface area contributed by atoms with Gasteiger partial charge in [0.15, 0.2) is 0 Å². The number of aryl methyl sites for hydroxylation is 2. The summed E-state index contributed by atoms with van der Waals surface area (Å²) >= 11 is 0. The summed E-state index contributed by atoms with van der Waals surface area (Å²) in [7, 11) is -2.00. The fourth-order valence-electron chi connectivity index (χ4n) is 3.22. The van der Waals surface area contributed by atoms with E-state index < -0.39 is 10.0 Å². The Labute approximate surface area is 157 Å². The molecule has 1 saturated heterocycles. The molecule has 0 aromatic heterocycles. The first-order valence-electron chi connectivity index (χ1n) is 9.16. The third-order valence-electron chi connectivity index (χ3n) is 5.14. The third kappa shape index (κ3) is 4.38. The van der Waals surface area contributed by atoms with E-state index in [2.05, 4.69) is 5.32 Å². The summed E-state index contributed by atoms with van der Waals surface area (Å²) in [6, 6.07) is 3.58. The smallest absolute Gasteiger partial charge is 0.243 e. The first-order chi connectivity index (χ1) is 12.2. The maximum atomic E-state index is 13.0. The van der Waals surface area contributed by atoms with Crippen molar-refractivity contribution in [3.8, 4) is 5.75 Å². The molecular weight excluding hydrogens is 352 g/mol. The zero-order valence-electron chi connectivity index (χ0n) is 16.3. The minimum Gasteiger partial charge on any atom is -0.496 e. The SMILES string of the molecule is CCC(C)NC(=O)C1CCN(S(=O)(=O)c2cc(C)c(OC)cc2C)CC1. The standard InChI is InChI=1S/C19H30N2O4S/c1-6-15(4)20-19(22)16-7-9-21(10-8-16)26(23,24)18-12-13(2)17(25-5)11-14(18)3/h11-12,15-16H,6-10H2,1-5H3,(H,20,22). The van der Waals surface area contributed by atoms with Crippen LogP contribution in [0.25, 0.3) is 0 Å². The molecule has 1 aliphatic rings. The molecule has 2 rings (SSSR count). The fraction of sp³-hybridized carbons (Fsp3) is 0.632. The van der Waals surface area contributed by atoms with E-state index in [1.807, 2.05) is 20.8 Å². The number of hydrogen-bond acceptors (Lipinski definition) is 4. The number of methoxy groups -OCH3 is 1. The van der Waals surface area contributed by atoms with Gasteiger partial charge in [-0.25, -0.2) is 8.42 Å². The highest BCUT2D eigenvalue weighted by atomic mass is 32.2. The second-order valence-electron chi connectivity index (χ2n) is 7.08. The van der Waals surface area contributed by atoms with Gasteiger partial charge in [-0.2, -0.15) is 4.31 Å². The highest BCUT2D eigenvalue weighted by Gasteiger charge is 2.33. The van der Waals surface area contributed by atoms with Crippen molar-refractivity contribution in [2.45, 2.75) is 57.9 Å². The molecule has 1 unspecified atom stereocenters. The van der Waals surface area contributed by atoms with E-state index in [0.29, 0.717) is 42.1 Å². The van der Waals surface area contributed by atoms with Gasteiger partial charge in [-0.1, -0.05) is 6.92 Å². The summed E-state index contributed by atoms with van der Waals surface area (Å²) in [6.07, 6.45) is 1.99. The molecule has 1 atom stereocenters. The van der Waals surface area contributed by atoms with Gasteiger partial charge >= 0.3 is 0 Å². The van der Waals surface area contributed by atoms with Crippen LogP contribution in [-0.2, 0) is 14.8 Å². The van der Waals surface area contributed by atoms with Crippen molar-refractivity contribution in [3.05, 3.63) is 23.3 Å². The molecule has 0 saturated carbocycles. The Morgan fingerprint density at radius 3 is 2.42 bits per heavy atom. The Hall–Kier alpha value is -1.60. The normalized spacial score (nSPS) is 17.7. The highest BCUT2D eigenvalue weighted by molar-refractivity contribution is 7.89. The third-order valence-corrected chi connectivity index (χ3v) is 7.18. The monoisotopic (exact) mass is 382 g/mol. The maximum absolute atomic E-state index is 13.0. The highest BCUT2D eigenvalue weighted by Crippen LogP contribution is 2.30. The number of piperidine rings is 1. The first kappa shape index (κ1) is 20.7. The molecule has 0 bridgehead atoms. The minimum atomic E-state index is -3.57. The molecule has 146 valence electrons. The second-order valence-corrected chi connectivity index (χ2v) is 8.99. The van der Waals surface area contributed by atoms with Crippen molar-refractivity contribution in [2.24, 2.45) is 5.92 Å². The Morgan fingerprint density at radius 2 is 1.88 bits per heavy atom. The lowest BCUT2D eigenvalue weighted by atomic mass is 9.97. The average Bonchev–Trinajstić information content (AvgIpc) is 2.62. The lowest BCUT2D eigenvalue weighted by Crippen LogP contribution is -2.44. The quantitative estimate of drug-likeness (QED) is 0.821. The molecule has 1 fully saturated rings. The van der Waals surface area contributed by atoms with Crippen molar-refractivity contribution in [1.82, 2.24) is 9.62 Å². The molecule has 7 heteroatoms. The van der Waals surface area contributed by atoms with Gasteiger partial charge in [-0.3, -0.25) is 4.79 Å². The number of rotatable bonds is 6. The zero-order chi connectivity index (χ0) is 19.5. The van der Waals surface area contributed by atoms with Gasteiger partial charge in [0.2, 0.25) is 15.9 Å². The number of benzene rings is 1. The van der Waals surface area contributed by atoms with Crippen molar-refractivity contribution >= 4 is 15.9 Å². The Kier molecular flexibility index (Phi) is 6.69. The molecule has 1 aromatic carbocycles. The number of sulfonamides is 1. The van der Waals surface area contributed by atoms with E-state index in [-0.39, 0.29) is 17.9 Å². The van der Waals surface area contributed by atoms with Gasteiger partial charge in [0.1, 0.15) is 5.75 Å². The number of carbonyl (C=O) groups is 1. The van der Waals surface area contributed by atoms with Crippen LogP contribution in [0, 0.1) is 19.8 Å². The average molecular weight is 383 g/mol. The van der Waals surface area contributed by atoms with Crippen molar-refractivity contribution in [1.29, 1.82) is 0 Å². The van der Waals surface area contributed by atoms with Crippen LogP contribution in [0.15, 0.2) is 17.0 Å². The number of amides is 1. The number of hydrogen-bond donors (Lipinski definition) is 1. The van der Waals surface area contributed by atoms with Crippen molar-refractivity contribution in [2.75, 3.05) is 20.2 Å². The van der Waals surface area contributed by atoms with Crippen LogP contribution >= 0.6 is 0 Å². The molecule has 0 spiro atoms. The number of nitrogens with one attached hydrogen (secondary N) is 1. The lowest BCUT2D eigenvalue weighted by molar-refractivity contribution is -0.126. The van der Waals surface area contributed by atoms with Crippen LogP contribution in [0.2, 0.25) is 0 Å². The van der Waals surface area contributed by atoms with E-state index in [9.17, 15) is 13.2 Å². The molecule has 1 heterocycles. The molecule has 26 heavy (non-hydrogen) atoms. The molecule has 1 aromatic rings. The van der Waals surface area contributed by atoms with Crippen molar-refractivity contribution < 1.29 is 17.9 Å². The lowest BCUT2D eigenvalue weighted by Gasteiger charge is -2.31. The summed E-state index contributed by atoms with van der Waals surface area (Å²) in [5.74, 6) is 0.601. The Bertz CT molecular complexity index is 753. The second kappa shape index (κ2) is 8.39. The Morgan fingerprint density at radius 1 is 1.27 bits per heavy atom. The topological polar surface area (TPSA) is 75.7 Å². The summed E-state index contributed by atoms with van der Waals surface area (Å²) in [5.41, 5.74) is 1.46. The summed E-state index contributed by atoms with van der Waals surface area (Å²) in [4.78, 5) is 12.6. The van der Waals surface area contributed by atoms with Crippen LogP contribution < -0.4 is 10.1 Å². The van der Waals surface area contributed by atoms with E-state index in [1.54, 1.807) is 26.2 Å². The predicted molar refractivity (Wildman–Crippen MR) is 102 cm³/mol. The van der Waals surface area contributed by atoms with Crippen LogP contribution in [0.5, 0.6) is 5.75 Å². The van der Waals surface area contributed by atoms with Crippen LogP contribution in [-0.4, -0.2) is 44.9 Å². The van der Waals surface area contributed by atoms with E-state index in [4.69, 9.17) is 4.74 Å². The van der Waals surface area contributed by atoms with E-state index >= 15 is 0 Å². The molecule has 0 radical (unpaired) electrons. The van der Waals surface area contributed by atoms with Crippen molar-refractivity contribution in [3.63, 3.8) is 0 Å². The fourth-order valence-corrected chi connectivity index (χ4v) is 4.98. The van der Waals surface area contributed by atoms with E-state index in [1.165, 1.54) is 4.31 Å². The van der Waals surface area contributed by atoms with Gasteiger partial charge in [0.25, 0.3) is 0 Å². The van der Waals surface area contributed by atoms with Gasteiger partial charge < -0.3 is 10.1 Å². The molecule has 1 aliphatic heterocycles.